The largest absolute Gasteiger partial charge is 0.507 e. The van der Waals surface area contributed by atoms with Gasteiger partial charge < -0.3 is 19.5 Å². The molecule has 13 heteroatoms. The molecule has 49 heavy (non-hydrogen) atoms. The van der Waals surface area contributed by atoms with Crippen LogP contribution in [0.5, 0.6) is 5.75 Å². The molecule has 0 saturated heterocycles. The lowest BCUT2D eigenvalue weighted by Gasteiger charge is -2.11. The molecule has 0 aliphatic carbocycles. The Morgan fingerprint density at radius 3 is 2.55 bits per heavy atom. The summed E-state index contributed by atoms with van der Waals surface area (Å²) in [6.07, 6.45) is 0.940. The molecule has 2 N–H and O–H groups in total. The number of ether oxygens (including phenoxy) is 1. The van der Waals surface area contributed by atoms with Crippen LogP contribution in [-0.2, 0) is 49.6 Å². The summed E-state index contributed by atoms with van der Waals surface area (Å²) in [5, 5.41) is 42.8. The number of aliphatic hydroxyl groups excluding tert-OH is 1. The Balaban J connectivity index is 1.26. The summed E-state index contributed by atoms with van der Waals surface area (Å²) >= 11 is 10.2. The number of nitrogens with zero attached hydrogens (tertiary/aromatic N) is 6. The summed E-state index contributed by atoms with van der Waals surface area (Å²) in [6.45, 7) is -0.0222. The van der Waals surface area contributed by atoms with E-state index in [4.69, 9.17) is 26.5 Å². The van der Waals surface area contributed by atoms with Gasteiger partial charge in [0.05, 0.1) is 29.0 Å². The van der Waals surface area contributed by atoms with Crippen molar-refractivity contribution in [3.8, 4) is 22.9 Å². The Bertz CT molecular complexity index is 2250. The third kappa shape index (κ3) is 6.64. The fourth-order valence-corrected chi connectivity index (χ4v) is 8.39. The summed E-state index contributed by atoms with van der Waals surface area (Å²) in [5.41, 5.74) is 6.11. The Labute approximate surface area is 297 Å². The van der Waals surface area contributed by atoms with Crippen molar-refractivity contribution in [3.63, 3.8) is 0 Å². The van der Waals surface area contributed by atoms with Gasteiger partial charge in [0.15, 0.2) is 0 Å². The van der Waals surface area contributed by atoms with E-state index < -0.39 is 5.97 Å². The standard InChI is InChI=1S/C36H35ClN6O4S2/c1-41-34-27(26(10-7-13-44)35(41)36(46)47-4)11-12-28(37)32(34)33-29(40-43(3)30(33)17-38)20-48-18-22-15-23(42(2)39-22)19-49-24-14-21-8-5-6-9-25(21)31(45)16-24/h5-6,8-9,11-12,14-16,44-45H,7,10,13,18-20H2,1-4H3. The zero-order valence-electron chi connectivity index (χ0n) is 27.5. The molecule has 0 saturated carbocycles. The Kier molecular flexibility index (Phi) is 10.3. The number of rotatable bonds is 12. The predicted molar refractivity (Wildman–Crippen MR) is 195 cm³/mol. The monoisotopic (exact) mass is 714 g/mol. The number of hydrogen-bond acceptors (Lipinski definition) is 9. The first-order chi connectivity index (χ1) is 23.7. The van der Waals surface area contributed by atoms with E-state index >= 15 is 0 Å². The molecule has 0 atom stereocenters. The molecule has 0 aliphatic heterocycles. The first kappa shape index (κ1) is 34.5. The minimum absolute atomic E-state index is 0.0222. The van der Waals surface area contributed by atoms with Crippen molar-refractivity contribution in [2.24, 2.45) is 21.1 Å². The molecule has 3 aromatic carbocycles. The van der Waals surface area contributed by atoms with Gasteiger partial charge in [-0.2, -0.15) is 15.5 Å². The average Bonchev–Trinajstić information content (AvgIpc) is 3.71. The van der Waals surface area contributed by atoms with Gasteiger partial charge in [0.25, 0.3) is 0 Å². The number of aryl methyl sites for hydroxylation is 4. The highest BCUT2D eigenvalue weighted by molar-refractivity contribution is 7.98. The maximum absolute atomic E-state index is 13.0. The molecule has 3 heterocycles. The van der Waals surface area contributed by atoms with Crippen LogP contribution in [-0.4, -0.2) is 54.0 Å². The number of hydrogen-bond donors (Lipinski definition) is 2. The second-order valence-electron chi connectivity index (χ2n) is 11.6. The zero-order valence-corrected chi connectivity index (χ0v) is 29.9. The number of nitriles is 1. The Morgan fingerprint density at radius 1 is 1.00 bits per heavy atom. The number of halogens is 1. The predicted octanol–water partition coefficient (Wildman–Crippen LogP) is 7.13. The smallest absolute Gasteiger partial charge is 0.354 e. The van der Waals surface area contributed by atoms with Gasteiger partial charge in [-0.15, -0.1) is 23.5 Å². The molecule has 6 aromatic rings. The van der Waals surface area contributed by atoms with Crippen LogP contribution >= 0.6 is 35.1 Å². The molecule has 10 nitrogen and oxygen atoms in total. The molecule has 0 amide bonds. The summed E-state index contributed by atoms with van der Waals surface area (Å²) in [6, 6.07) is 19.7. The first-order valence-corrected chi connectivity index (χ1v) is 18.1. The van der Waals surface area contributed by atoms with Crippen molar-refractivity contribution in [2.45, 2.75) is 35.0 Å². The number of benzene rings is 3. The lowest BCUT2D eigenvalue weighted by Crippen LogP contribution is -2.10. The van der Waals surface area contributed by atoms with Crippen molar-refractivity contribution in [1.29, 1.82) is 5.26 Å². The van der Waals surface area contributed by atoms with Crippen molar-refractivity contribution >= 4 is 62.8 Å². The third-order valence-corrected chi connectivity index (χ3v) is 10.9. The lowest BCUT2D eigenvalue weighted by molar-refractivity contribution is 0.0589. The fraction of sp³-hybridized carbons (Fsp3) is 0.278. The number of aromatic nitrogens is 5. The van der Waals surface area contributed by atoms with Crippen molar-refractivity contribution in [1.82, 2.24) is 24.1 Å². The lowest BCUT2D eigenvalue weighted by atomic mass is 9.98. The van der Waals surface area contributed by atoms with Gasteiger partial charge in [0, 0.05) is 77.5 Å². The SMILES string of the molecule is COC(=O)c1c(CCCO)c2ccc(Cl)c(-c3c(CSCc4cc(CSc5cc(O)c6ccccc6c5)n(C)n4)nn(C)c3C#N)c2n1C. The number of thioether (sulfide) groups is 2. The topological polar surface area (TPSA) is 131 Å². The quantitative estimate of drug-likeness (QED) is 0.100. The Hall–Kier alpha value is -4.41. The maximum atomic E-state index is 13.0. The molecule has 0 spiro atoms. The summed E-state index contributed by atoms with van der Waals surface area (Å²) < 4.78 is 10.4. The molecule has 0 fully saturated rings. The number of carbonyl (C=O) groups is 1. The fourth-order valence-electron chi connectivity index (χ4n) is 6.31. The highest BCUT2D eigenvalue weighted by atomic mass is 35.5. The number of phenolic OH excluding ortho intramolecular Hbond substituents is 1. The van der Waals surface area contributed by atoms with E-state index in [1.54, 1.807) is 59.0 Å². The van der Waals surface area contributed by atoms with E-state index in [1.807, 2.05) is 42.1 Å². The average molecular weight is 715 g/mol. The molecule has 6 rings (SSSR count). The number of aromatic hydroxyl groups is 1. The van der Waals surface area contributed by atoms with E-state index in [0.29, 0.717) is 68.8 Å². The number of aliphatic hydroxyl groups is 1. The van der Waals surface area contributed by atoms with Gasteiger partial charge in [-0.25, -0.2) is 4.79 Å². The van der Waals surface area contributed by atoms with Crippen LogP contribution in [0.3, 0.4) is 0 Å². The van der Waals surface area contributed by atoms with Crippen LogP contribution in [0.2, 0.25) is 5.02 Å². The van der Waals surface area contributed by atoms with Crippen LogP contribution < -0.4 is 0 Å². The highest BCUT2D eigenvalue weighted by Gasteiger charge is 2.28. The number of carbonyl (C=O) groups excluding carboxylic acids is 1. The van der Waals surface area contributed by atoms with Crippen molar-refractivity contribution in [3.05, 3.63) is 93.7 Å². The summed E-state index contributed by atoms with van der Waals surface area (Å²) in [5.74, 6) is 1.58. The number of methoxy groups -OCH3 is 1. The van der Waals surface area contributed by atoms with E-state index in [1.165, 1.54) is 7.11 Å². The van der Waals surface area contributed by atoms with Gasteiger partial charge in [-0.3, -0.25) is 9.36 Å². The third-order valence-electron chi connectivity index (χ3n) is 8.56. The van der Waals surface area contributed by atoms with E-state index in [0.717, 1.165) is 38.0 Å². The molecule has 0 bridgehead atoms. The first-order valence-electron chi connectivity index (χ1n) is 15.6. The maximum Gasteiger partial charge on any atom is 0.354 e. The Morgan fingerprint density at radius 2 is 1.80 bits per heavy atom. The summed E-state index contributed by atoms with van der Waals surface area (Å²) in [7, 11) is 6.79. The zero-order chi connectivity index (χ0) is 34.8. The molecular weight excluding hydrogens is 680 g/mol. The molecule has 252 valence electrons. The van der Waals surface area contributed by atoms with Gasteiger partial charge >= 0.3 is 5.97 Å². The van der Waals surface area contributed by atoms with E-state index in [-0.39, 0.29) is 12.4 Å². The number of fused-ring (bicyclic) bond motifs is 2. The summed E-state index contributed by atoms with van der Waals surface area (Å²) in [4.78, 5) is 13.9. The minimum Gasteiger partial charge on any atom is -0.507 e. The second kappa shape index (κ2) is 14.6. The van der Waals surface area contributed by atoms with E-state index in [9.17, 15) is 20.3 Å². The van der Waals surface area contributed by atoms with Crippen LogP contribution in [0.1, 0.15) is 45.2 Å². The highest BCUT2D eigenvalue weighted by Crippen LogP contribution is 2.43. The van der Waals surface area contributed by atoms with Crippen LogP contribution in [0, 0.1) is 11.3 Å². The number of phenols is 1. The van der Waals surface area contributed by atoms with Crippen LogP contribution in [0.4, 0.5) is 0 Å². The molecule has 3 aromatic heterocycles. The van der Waals surface area contributed by atoms with Crippen LogP contribution in [0.15, 0.2) is 59.5 Å². The van der Waals surface area contributed by atoms with Gasteiger partial charge in [0.2, 0.25) is 0 Å². The van der Waals surface area contributed by atoms with Crippen molar-refractivity contribution in [2.75, 3.05) is 13.7 Å². The van der Waals surface area contributed by atoms with E-state index in [2.05, 4.69) is 18.2 Å². The molecule has 0 unspecified atom stereocenters. The minimum atomic E-state index is -0.486. The second-order valence-corrected chi connectivity index (χ2v) is 14.1. The van der Waals surface area contributed by atoms with Gasteiger partial charge in [-0.05, 0) is 48.1 Å². The normalized spacial score (nSPS) is 11.4. The van der Waals surface area contributed by atoms with Gasteiger partial charge in [-0.1, -0.05) is 41.9 Å². The number of esters is 1. The van der Waals surface area contributed by atoms with Gasteiger partial charge in [0.1, 0.15) is 23.2 Å². The van der Waals surface area contributed by atoms with Crippen molar-refractivity contribution < 1.29 is 19.7 Å². The molecular formula is C36H35ClN6O4S2. The molecule has 0 aliphatic rings. The molecule has 0 radical (unpaired) electrons. The van der Waals surface area contributed by atoms with Crippen LogP contribution in [0.25, 0.3) is 32.8 Å².